The summed E-state index contributed by atoms with van der Waals surface area (Å²) >= 11 is 1.43. The summed E-state index contributed by atoms with van der Waals surface area (Å²) in [7, 11) is 0. The lowest BCUT2D eigenvalue weighted by atomic mass is 9.82. The van der Waals surface area contributed by atoms with Crippen LogP contribution in [0.2, 0.25) is 0 Å². The van der Waals surface area contributed by atoms with Gasteiger partial charge in [-0.15, -0.1) is 0 Å². The molecule has 2 atom stereocenters. The third-order valence-electron chi connectivity index (χ3n) is 2.60. The van der Waals surface area contributed by atoms with E-state index in [0.29, 0.717) is 0 Å². The van der Waals surface area contributed by atoms with Crippen LogP contribution >= 0.6 is 22.6 Å². The van der Waals surface area contributed by atoms with E-state index in [0.717, 1.165) is 6.92 Å². The smallest absolute Gasteiger partial charge is 0.223 e. The topological polar surface area (TPSA) is 0 Å². The molecule has 8 heteroatoms. The van der Waals surface area contributed by atoms with Crippen molar-refractivity contribution >= 4 is 22.6 Å². The molecule has 0 aliphatic rings. The minimum atomic E-state index is -5.95. The molecule has 0 spiro atoms. The van der Waals surface area contributed by atoms with Crippen molar-refractivity contribution in [2.75, 3.05) is 0 Å². The monoisotopic (exact) mass is 380 g/mol. The molecule has 0 N–H and O–H groups in total. The maximum atomic E-state index is 13.7. The molecule has 0 radical (unpaired) electrons. The molecule has 0 saturated carbocycles. The van der Waals surface area contributed by atoms with Crippen LogP contribution < -0.4 is 0 Å². The molecule has 0 saturated heterocycles. The lowest BCUT2D eigenvalue weighted by molar-refractivity contribution is -0.357. The van der Waals surface area contributed by atoms with Gasteiger partial charge >= 0.3 is 18.0 Å². The zero-order chi connectivity index (χ0) is 14.1. The third kappa shape index (κ3) is 3.17. The number of hydrogen-bond donors (Lipinski definition) is 0. The summed E-state index contributed by atoms with van der Waals surface area (Å²) in [4.78, 5) is 0. The molecule has 0 aliphatic carbocycles. The van der Waals surface area contributed by atoms with Gasteiger partial charge in [0.2, 0.25) is 0 Å². The van der Waals surface area contributed by atoms with Gasteiger partial charge in [-0.3, -0.25) is 0 Å². The highest BCUT2D eigenvalue weighted by atomic mass is 127. The minimum absolute atomic E-state index is 0.0386. The Bertz CT molecular complexity index is 231. The average Bonchev–Trinajstić information content (AvgIpc) is 2.14. The SMILES string of the molecule is CCC(I)C(CC)C(F)(C(F)(F)F)C(F)(F)F. The molecule has 0 amide bonds. The van der Waals surface area contributed by atoms with Crippen molar-refractivity contribution in [1.29, 1.82) is 0 Å². The highest BCUT2D eigenvalue weighted by Gasteiger charge is 2.75. The maximum absolute atomic E-state index is 13.7. The van der Waals surface area contributed by atoms with Crippen LogP contribution in [0.5, 0.6) is 0 Å². The molecule has 0 aromatic heterocycles. The first-order chi connectivity index (χ1) is 7.43. The molecular weight excluding hydrogens is 368 g/mol. The lowest BCUT2D eigenvalue weighted by Gasteiger charge is -2.38. The van der Waals surface area contributed by atoms with Crippen molar-refractivity contribution < 1.29 is 30.7 Å². The van der Waals surface area contributed by atoms with Crippen molar-refractivity contribution in [1.82, 2.24) is 0 Å². The van der Waals surface area contributed by atoms with E-state index >= 15 is 0 Å². The van der Waals surface area contributed by atoms with Gasteiger partial charge in [-0.25, -0.2) is 4.39 Å². The van der Waals surface area contributed by atoms with Gasteiger partial charge in [0.25, 0.3) is 0 Å². The van der Waals surface area contributed by atoms with Crippen LogP contribution in [-0.2, 0) is 0 Å². The van der Waals surface area contributed by atoms with Gasteiger partial charge in [0.1, 0.15) is 0 Å². The fourth-order valence-electron chi connectivity index (χ4n) is 1.65. The molecule has 0 nitrogen and oxygen atoms in total. The van der Waals surface area contributed by atoms with Crippen molar-refractivity contribution in [3.8, 4) is 0 Å². The Labute approximate surface area is 108 Å². The first-order valence-electron chi connectivity index (χ1n) is 4.89. The summed E-state index contributed by atoms with van der Waals surface area (Å²) in [6.07, 6.45) is -12.4. The van der Waals surface area contributed by atoms with Crippen molar-refractivity contribution in [3.63, 3.8) is 0 Å². The van der Waals surface area contributed by atoms with Crippen LogP contribution in [0.3, 0.4) is 0 Å². The Morgan fingerprint density at radius 3 is 1.35 bits per heavy atom. The van der Waals surface area contributed by atoms with Gasteiger partial charge in [0.05, 0.1) is 0 Å². The van der Waals surface area contributed by atoms with E-state index in [1.165, 1.54) is 29.5 Å². The average molecular weight is 380 g/mol. The van der Waals surface area contributed by atoms with Crippen LogP contribution in [0, 0.1) is 5.92 Å². The van der Waals surface area contributed by atoms with Gasteiger partial charge in [0, 0.05) is 9.84 Å². The highest BCUT2D eigenvalue weighted by molar-refractivity contribution is 14.1. The summed E-state index contributed by atoms with van der Waals surface area (Å²) in [5, 5.41) is 0. The molecular formula is C9H12F7I. The van der Waals surface area contributed by atoms with Gasteiger partial charge in [-0.2, -0.15) is 26.3 Å². The Morgan fingerprint density at radius 1 is 0.824 bits per heavy atom. The Morgan fingerprint density at radius 2 is 1.18 bits per heavy atom. The number of hydrogen-bond acceptors (Lipinski definition) is 0. The van der Waals surface area contributed by atoms with Gasteiger partial charge in [0.15, 0.2) is 0 Å². The molecule has 0 fully saturated rings. The predicted octanol–water partition coefficient (Wildman–Crippen LogP) is 5.06. The van der Waals surface area contributed by atoms with Crippen LogP contribution in [0.1, 0.15) is 26.7 Å². The molecule has 0 heterocycles. The molecule has 0 bridgehead atoms. The zero-order valence-corrected chi connectivity index (χ0v) is 11.3. The molecule has 0 aromatic rings. The first kappa shape index (κ1) is 17.2. The number of rotatable bonds is 4. The molecule has 0 rings (SSSR count). The predicted molar refractivity (Wildman–Crippen MR) is 57.8 cm³/mol. The Kier molecular flexibility index (Phi) is 5.56. The normalized spacial score (nSPS) is 18.0. The van der Waals surface area contributed by atoms with Crippen molar-refractivity contribution in [2.24, 2.45) is 5.92 Å². The van der Waals surface area contributed by atoms with Gasteiger partial charge in [-0.1, -0.05) is 36.4 Å². The van der Waals surface area contributed by atoms with E-state index in [9.17, 15) is 30.7 Å². The quantitative estimate of drug-likeness (QED) is 0.364. The lowest BCUT2D eigenvalue weighted by Crippen LogP contribution is -2.60. The second-order valence-electron chi connectivity index (χ2n) is 3.65. The van der Waals surface area contributed by atoms with Gasteiger partial charge in [-0.05, 0) is 12.8 Å². The highest BCUT2D eigenvalue weighted by Crippen LogP contribution is 2.53. The van der Waals surface area contributed by atoms with Crippen molar-refractivity contribution in [2.45, 2.75) is 48.6 Å². The number of halogens is 8. The first-order valence-corrected chi connectivity index (χ1v) is 6.14. The fourth-order valence-corrected chi connectivity index (χ4v) is 2.66. The van der Waals surface area contributed by atoms with E-state index in [1.54, 1.807) is 0 Å². The van der Waals surface area contributed by atoms with E-state index in [-0.39, 0.29) is 6.42 Å². The van der Waals surface area contributed by atoms with E-state index < -0.39 is 34.3 Å². The summed E-state index contributed by atoms with van der Waals surface area (Å²) in [5.74, 6) is -2.13. The van der Waals surface area contributed by atoms with Crippen LogP contribution in [-0.4, -0.2) is 21.9 Å². The second-order valence-corrected chi connectivity index (χ2v) is 5.25. The third-order valence-corrected chi connectivity index (χ3v) is 4.35. The van der Waals surface area contributed by atoms with Crippen LogP contribution in [0.25, 0.3) is 0 Å². The Hall–Kier alpha value is 0.240. The molecule has 0 aliphatic heterocycles. The summed E-state index contributed by atoms with van der Waals surface area (Å²) in [6.45, 7) is 2.55. The summed E-state index contributed by atoms with van der Waals surface area (Å²) in [5.41, 5.74) is -5.14. The van der Waals surface area contributed by atoms with Gasteiger partial charge < -0.3 is 0 Å². The molecule has 2 unspecified atom stereocenters. The molecule has 104 valence electrons. The van der Waals surface area contributed by atoms with E-state index in [1.807, 2.05) is 0 Å². The Balaban J connectivity index is 5.62. The van der Waals surface area contributed by atoms with E-state index in [2.05, 4.69) is 0 Å². The fraction of sp³-hybridized carbons (Fsp3) is 1.00. The minimum Gasteiger partial charge on any atom is -0.223 e. The summed E-state index contributed by atoms with van der Waals surface area (Å²) in [6, 6.07) is 0. The zero-order valence-electron chi connectivity index (χ0n) is 9.09. The molecule has 0 aromatic carbocycles. The number of alkyl halides is 8. The van der Waals surface area contributed by atoms with Crippen LogP contribution in [0.4, 0.5) is 30.7 Å². The second kappa shape index (κ2) is 5.48. The maximum Gasteiger partial charge on any atom is 0.431 e. The summed E-state index contributed by atoms with van der Waals surface area (Å²) < 4.78 is 87.2. The largest absolute Gasteiger partial charge is 0.431 e. The van der Waals surface area contributed by atoms with Crippen LogP contribution in [0.15, 0.2) is 0 Å². The van der Waals surface area contributed by atoms with Crippen molar-refractivity contribution in [3.05, 3.63) is 0 Å². The standard InChI is InChI=1S/C9H12F7I/c1-3-5(6(17)4-2)7(10,8(11,12)13)9(14,15)16/h5-6H,3-4H2,1-2H3. The molecule has 17 heavy (non-hydrogen) atoms. The van der Waals surface area contributed by atoms with E-state index in [4.69, 9.17) is 0 Å².